The molecular formula is C13H14N2O. The molecule has 82 valence electrons. The molecule has 0 bridgehead atoms. The summed E-state index contributed by atoms with van der Waals surface area (Å²) in [6, 6.07) is 9.31. The zero-order chi connectivity index (χ0) is 11.5. The van der Waals surface area contributed by atoms with Crippen LogP contribution in [0, 0.1) is 0 Å². The summed E-state index contributed by atoms with van der Waals surface area (Å²) < 4.78 is 0. The molecule has 1 heterocycles. The number of nitrogens with two attached hydrogens (primary N) is 1. The monoisotopic (exact) mass is 214 g/mol. The molecule has 0 aliphatic rings. The topological polar surface area (TPSA) is 56.0 Å². The summed E-state index contributed by atoms with van der Waals surface area (Å²) in [7, 11) is 0. The maximum atomic E-state index is 11.8. The first-order chi connectivity index (χ1) is 7.66. The first-order valence-electron chi connectivity index (χ1n) is 5.30. The van der Waals surface area contributed by atoms with Crippen LogP contribution in [0.2, 0.25) is 0 Å². The zero-order valence-corrected chi connectivity index (χ0v) is 9.18. The second-order valence-corrected chi connectivity index (χ2v) is 4.02. The van der Waals surface area contributed by atoms with Gasteiger partial charge in [-0.15, -0.1) is 0 Å². The van der Waals surface area contributed by atoms with Crippen LogP contribution in [-0.4, -0.2) is 16.8 Å². The quantitative estimate of drug-likeness (QED) is 0.796. The highest BCUT2D eigenvalue weighted by atomic mass is 16.1. The van der Waals surface area contributed by atoms with E-state index in [9.17, 15) is 4.79 Å². The fourth-order valence-corrected chi connectivity index (χ4v) is 1.65. The standard InChI is InChI=1S/C13H14N2O/c1-9(14)7-13(16)11-5-4-10-3-2-6-15-12(10)8-11/h2-6,8-9H,7,14H2,1H3. The predicted octanol–water partition coefficient (Wildman–Crippen LogP) is 2.15. The third-order valence-corrected chi connectivity index (χ3v) is 2.44. The minimum absolute atomic E-state index is 0.0718. The minimum atomic E-state index is -0.105. The van der Waals surface area contributed by atoms with E-state index >= 15 is 0 Å². The molecule has 1 aromatic heterocycles. The Morgan fingerprint density at radius 1 is 1.44 bits per heavy atom. The van der Waals surface area contributed by atoms with Crippen molar-refractivity contribution in [3.8, 4) is 0 Å². The van der Waals surface area contributed by atoms with E-state index in [0.717, 1.165) is 10.9 Å². The molecule has 1 aromatic carbocycles. The van der Waals surface area contributed by atoms with Crippen molar-refractivity contribution in [2.24, 2.45) is 5.73 Å². The smallest absolute Gasteiger partial charge is 0.164 e. The highest BCUT2D eigenvalue weighted by Gasteiger charge is 2.08. The molecule has 0 saturated carbocycles. The maximum absolute atomic E-state index is 11.8. The van der Waals surface area contributed by atoms with Gasteiger partial charge in [0, 0.05) is 29.6 Å². The molecule has 2 rings (SSSR count). The van der Waals surface area contributed by atoms with Crippen LogP contribution >= 0.6 is 0 Å². The number of ketones is 1. The summed E-state index contributed by atoms with van der Waals surface area (Å²) in [4.78, 5) is 16.0. The Bertz CT molecular complexity index is 520. The molecule has 0 amide bonds. The van der Waals surface area contributed by atoms with E-state index < -0.39 is 0 Å². The third kappa shape index (κ3) is 2.25. The average molecular weight is 214 g/mol. The number of hydrogen-bond acceptors (Lipinski definition) is 3. The van der Waals surface area contributed by atoms with E-state index in [1.807, 2.05) is 37.3 Å². The molecule has 1 unspecified atom stereocenters. The van der Waals surface area contributed by atoms with Crippen molar-refractivity contribution in [1.82, 2.24) is 4.98 Å². The number of rotatable bonds is 3. The number of nitrogens with zero attached hydrogens (tertiary/aromatic N) is 1. The second kappa shape index (κ2) is 4.41. The molecule has 3 nitrogen and oxygen atoms in total. The van der Waals surface area contributed by atoms with E-state index in [4.69, 9.17) is 5.73 Å². The van der Waals surface area contributed by atoms with Crippen molar-refractivity contribution in [2.45, 2.75) is 19.4 Å². The summed E-state index contributed by atoms with van der Waals surface area (Å²) in [5.41, 5.74) is 7.14. The number of hydrogen-bond donors (Lipinski definition) is 1. The molecular weight excluding hydrogens is 200 g/mol. The predicted molar refractivity (Wildman–Crippen MR) is 64.3 cm³/mol. The molecule has 0 saturated heterocycles. The number of Topliss-reactive ketones (excluding diaryl/α,β-unsaturated/α-hetero) is 1. The highest BCUT2D eigenvalue weighted by Crippen LogP contribution is 2.14. The van der Waals surface area contributed by atoms with Gasteiger partial charge < -0.3 is 5.73 Å². The summed E-state index contributed by atoms with van der Waals surface area (Å²) in [6.07, 6.45) is 2.10. The normalized spacial score (nSPS) is 12.6. The van der Waals surface area contributed by atoms with E-state index in [1.165, 1.54) is 0 Å². The fourth-order valence-electron chi connectivity index (χ4n) is 1.65. The Hall–Kier alpha value is -1.74. The Balaban J connectivity index is 2.35. The van der Waals surface area contributed by atoms with Gasteiger partial charge in [-0.3, -0.25) is 9.78 Å². The van der Waals surface area contributed by atoms with E-state index in [2.05, 4.69) is 4.98 Å². The Labute approximate surface area is 94.3 Å². The lowest BCUT2D eigenvalue weighted by atomic mass is 10.0. The summed E-state index contributed by atoms with van der Waals surface area (Å²) in [5, 5.41) is 1.04. The van der Waals surface area contributed by atoms with Gasteiger partial charge in [-0.25, -0.2) is 0 Å². The van der Waals surface area contributed by atoms with Crippen molar-refractivity contribution in [2.75, 3.05) is 0 Å². The van der Waals surface area contributed by atoms with Crippen LogP contribution in [0.1, 0.15) is 23.7 Å². The lowest BCUT2D eigenvalue weighted by Gasteiger charge is -2.05. The van der Waals surface area contributed by atoms with E-state index in [-0.39, 0.29) is 11.8 Å². The van der Waals surface area contributed by atoms with Crippen LogP contribution in [-0.2, 0) is 0 Å². The van der Waals surface area contributed by atoms with Crippen LogP contribution in [0.4, 0.5) is 0 Å². The van der Waals surface area contributed by atoms with Gasteiger partial charge in [-0.1, -0.05) is 18.2 Å². The Kier molecular flexibility index (Phi) is 2.97. The first kappa shape index (κ1) is 10.8. The van der Waals surface area contributed by atoms with Crippen LogP contribution in [0.3, 0.4) is 0 Å². The van der Waals surface area contributed by atoms with Gasteiger partial charge in [0.25, 0.3) is 0 Å². The number of carbonyl (C=O) groups excluding carboxylic acids is 1. The number of pyridine rings is 1. The molecule has 16 heavy (non-hydrogen) atoms. The number of benzene rings is 1. The van der Waals surface area contributed by atoms with Crippen LogP contribution in [0.5, 0.6) is 0 Å². The SMILES string of the molecule is CC(N)CC(=O)c1ccc2cccnc2c1. The van der Waals surface area contributed by atoms with Crippen LogP contribution in [0.25, 0.3) is 10.9 Å². The minimum Gasteiger partial charge on any atom is -0.328 e. The fraction of sp³-hybridized carbons (Fsp3) is 0.231. The first-order valence-corrected chi connectivity index (χ1v) is 5.30. The van der Waals surface area contributed by atoms with Gasteiger partial charge in [0.1, 0.15) is 0 Å². The van der Waals surface area contributed by atoms with Crippen molar-refractivity contribution in [3.05, 3.63) is 42.1 Å². The lowest BCUT2D eigenvalue weighted by Crippen LogP contribution is -2.19. The molecule has 0 aliphatic carbocycles. The van der Waals surface area contributed by atoms with E-state index in [1.54, 1.807) is 6.20 Å². The van der Waals surface area contributed by atoms with Gasteiger partial charge >= 0.3 is 0 Å². The van der Waals surface area contributed by atoms with Gasteiger partial charge in [0.15, 0.2) is 5.78 Å². The summed E-state index contributed by atoms with van der Waals surface area (Å²) >= 11 is 0. The molecule has 2 aromatic rings. The summed E-state index contributed by atoms with van der Waals surface area (Å²) in [6.45, 7) is 1.83. The van der Waals surface area contributed by atoms with Gasteiger partial charge in [-0.05, 0) is 19.1 Å². The zero-order valence-electron chi connectivity index (χ0n) is 9.18. The molecule has 3 heteroatoms. The largest absolute Gasteiger partial charge is 0.328 e. The van der Waals surface area contributed by atoms with Gasteiger partial charge in [-0.2, -0.15) is 0 Å². The van der Waals surface area contributed by atoms with Crippen molar-refractivity contribution in [3.63, 3.8) is 0 Å². The average Bonchev–Trinajstić information content (AvgIpc) is 2.27. The molecule has 0 spiro atoms. The Morgan fingerprint density at radius 2 is 2.25 bits per heavy atom. The number of fused-ring (bicyclic) bond motifs is 1. The van der Waals surface area contributed by atoms with Crippen LogP contribution < -0.4 is 5.73 Å². The molecule has 1 atom stereocenters. The number of carbonyl (C=O) groups is 1. The highest BCUT2D eigenvalue weighted by molar-refractivity contribution is 5.99. The van der Waals surface area contributed by atoms with Gasteiger partial charge in [0.05, 0.1) is 5.52 Å². The molecule has 0 fully saturated rings. The molecule has 0 aliphatic heterocycles. The Morgan fingerprint density at radius 3 is 3.00 bits per heavy atom. The molecule has 2 N–H and O–H groups in total. The van der Waals surface area contributed by atoms with Crippen LogP contribution in [0.15, 0.2) is 36.5 Å². The maximum Gasteiger partial charge on any atom is 0.164 e. The van der Waals surface area contributed by atoms with Gasteiger partial charge in [0.2, 0.25) is 0 Å². The van der Waals surface area contributed by atoms with Crippen molar-refractivity contribution >= 4 is 16.7 Å². The third-order valence-electron chi connectivity index (χ3n) is 2.44. The second-order valence-electron chi connectivity index (χ2n) is 4.02. The van der Waals surface area contributed by atoms with Crippen molar-refractivity contribution in [1.29, 1.82) is 0 Å². The lowest BCUT2D eigenvalue weighted by molar-refractivity contribution is 0.0976. The number of aromatic nitrogens is 1. The van der Waals surface area contributed by atoms with Crippen molar-refractivity contribution < 1.29 is 4.79 Å². The molecule has 0 radical (unpaired) electrons. The van der Waals surface area contributed by atoms with E-state index in [0.29, 0.717) is 12.0 Å². The summed E-state index contributed by atoms with van der Waals surface area (Å²) in [5.74, 6) is 0.0718.